The summed E-state index contributed by atoms with van der Waals surface area (Å²) in [5.74, 6) is -0.962. The number of aldehydes is 1. The lowest BCUT2D eigenvalue weighted by molar-refractivity contribution is -0.107. The number of rotatable bonds is 6. The Balaban J connectivity index is 2.40. The average molecular weight is 212 g/mol. The first kappa shape index (κ1) is 11.8. The van der Waals surface area contributed by atoms with Crippen LogP contribution in [0.2, 0.25) is 0 Å². The maximum atomic E-state index is 13.1. The third-order valence-electron chi connectivity index (χ3n) is 2.31. The molecule has 0 aliphatic heterocycles. The summed E-state index contributed by atoms with van der Waals surface area (Å²) in [5.41, 5.74) is 0.156. The highest BCUT2D eigenvalue weighted by Crippen LogP contribution is 2.15. The number of hydrogen-bond donors (Lipinski definition) is 0. The van der Waals surface area contributed by atoms with Gasteiger partial charge in [-0.25, -0.2) is 8.78 Å². The Bertz CT molecular complexity index is 303. The third kappa shape index (κ3) is 3.78. The Labute approximate surface area is 88.1 Å². The van der Waals surface area contributed by atoms with E-state index in [9.17, 15) is 13.6 Å². The van der Waals surface area contributed by atoms with Crippen LogP contribution in [0.5, 0.6) is 0 Å². The Hall–Kier alpha value is -1.25. The molecule has 0 radical (unpaired) electrons. The predicted molar refractivity (Wildman–Crippen MR) is 54.6 cm³/mol. The zero-order valence-corrected chi connectivity index (χ0v) is 8.51. The number of unbranched alkanes of at least 4 members (excludes halogenated alkanes) is 3. The predicted octanol–water partition coefficient (Wildman–Crippen LogP) is 3.27. The van der Waals surface area contributed by atoms with Gasteiger partial charge in [0, 0.05) is 12.0 Å². The molecule has 1 rings (SSSR count). The topological polar surface area (TPSA) is 17.1 Å². The fourth-order valence-corrected chi connectivity index (χ4v) is 1.48. The molecule has 0 unspecified atom stereocenters. The first-order valence-corrected chi connectivity index (χ1v) is 5.12. The molecule has 0 bridgehead atoms. The van der Waals surface area contributed by atoms with Crippen molar-refractivity contribution in [2.24, 2.45) is 0 Å². The van der Waals surface area contributed by atoms with Crippen LogP contribution >= 0.6 is 0 Å². The molecule has 0 saturated heterocycles. The summed E-state index contributed by atoms with van der Waals surface area (Å²) in [7, 11) is 0. The average Bonchev–Trinajstić information content (AvgIpc) is 2.21. The highest BCUT2D eigenvalue weighted by molar-refractivity contribution is 5.48. The van der Waals surface area contributed by atoms with Crippen molar-refractivity contribution in [3.05, 3.63) is 35.4 Å². The molecular weight excluding hydrogens is 198 g/mol. The Kier molecular flexibility index (Phi) is 4.95. The molecule has 0 spiro atoms. The molecule has 0 N–H and O–H groups in total. The maximum absolute atomic E-state index is 13.1. The first-order chi connectivity index (χ1) is 7.25. The van der Waals surface area contributed by atoms with Crippen LogP contribution in [0, 0.1) is 11.6 Å². The van der Waals surface area contributed by atoms with Crippen molar-refractivity contribution in [2.45, 2.75) is 32.1 Å². The fourth-order valence-electron chi connectivity index (χ4n) is 1.48. The zero-order valence-electron chi connectivity index (χ0n) is 8.51. The molecule has 0 atom stereocenters. The zero-order chi connectivity index (χ0) is 11.1. The molecule has 0 aliphatic carbocycles. The van der Waals surface area contributed by atoms with Gasteiger partial charge in [-0.3, -0.25) is 0 Å². The normalized spacial score (nSPS) is 10.3. The number of benzene rings is 1. The minimum absolute atomic E-state index is 0.156. The summed E-state index contributed by atoms with van der Waals surface area (Å²) in [4.78, 5) is 10.0. The molecule has 0 aliphatic rings. The monoisotopic (exact) mass is 212 g/mol. The molecule has 1 nitrogen and oxygen atoms in total. The number of hydrogen-bond acceptors (Lipinski definition) is 1. The van der Waals surface area contributed by atoms with Crippen LogP contribution in [0.1, 0.15) is 31.2 Å². The molecular formula is C12H14F2O. The summed E-state index contributed by atoms with van der Waals surface area (Å²) < 4.78 is 26.3. The van der Waals surface area contributed by atoms with Crippen LogP contribution in [0.4, 0.5) is 8.78 Å². The van der Waals surface area contributed by atoms with E-state index in [1.807, 2.05) is 0 Å². The summed E-state index contributed by atoms with van der Waals surface area (Å²) >= 11 is 0. The molecule has 82 valence electrons. The van der Waals surface area contributed by atoms with Crippen LogP contribution in [0.3, 0.4) is 0 Å². The van der Waals surface area contributed by atoms with E-state index in [0.717, 1.165) is 19.1 Å². The van der Waals surface area contributed by atoms with E-state index in [1.54, 1.807) is 0 Å². The van der Waals surface area contributed by atoms with Crippen molar-refractivity contribution >= 4 is 6.29 Å². The van der Waals surface area contributed by atoms with Gasteiger partial charge < -0.3 is 4.79 Å². The van der Waals surface area contributed by atoms with E-state index in [1.165, 1.54) is 18.2 Å². The minimum atomic E-state index is -0.481. The second-order valence-electron chi connectivity index (χ2n) is 3.47. The quantitative estimate of drug-likeness (QED) is 0.522. The van der Waals surface area contributed by atoms with Gasteiger partial charge in [-0.15, -0.1) is 0 Å². The Morgan fingerprint density at radius 3 is 2.33 bits per heavy atom. The van der Waals surface area contributed by atoms with Crippen molar-refractivity contribution in [1.29, 1.82) is 0 Å². The molecule has 15 heavy (non-hydrogen) atoms. The Morgan fingerprint density at radius 2 is 1.73 bits per heavy atom. The van der Waals surface area contributed by atoms with Gasteiger partial charge in [0.15, 0.2) is 0 Å². The lowest BCUT2D eigenvalue weighted by Gasteiger charge is -2.03. The van der Waals surface area contributed by atoms with Gasteiger partial charge in [0.25, 0.3) is 0 Å². The first-order valence-electron chi connectivity index (χ1n) is 5.12. The van der Waals surface area contributed by atoms with Crippen molar-refractivity contribution in [1.82, 2.24) is 0 Å². The van der Waals surface area contributed by atoms with E-state index >= 15 is 0 Å². The van der Waals surface area contributed by atoms with Gasteiger partial charge in [-0.05, 0) is 31.4 Å². The van der Waals surface area contributed by atoms with Gasteiger partial charge in [-0.1, -0.05) is 12.5 Å². The summed E-state index contributed by atoms with van der Waals surface area (Å²) in [6, 6.07) is 3.90. The number of carbonyl (C=O) groups is 1. The van der Waals surface area contributed by atoms with Crippen molar-refractivity contribution in [3.8, 4) is 0 Å². The van der Waals surface area contributed by atoms with E-state index in [-0.39, 0.29) is 5.56 Å². The molecule has 0 amide bonds. The second-order valence-corrected chi connectivity index (χ2v) is 3.47. The van der Waals surface area contributed by atoms with Crippen molar-refractivity contribution in [2.75, 3.05) is 0 Å². The smallest absolute Gasteiger partial charge is 0.129 e. The van der Waals surface area contributed by atoms with Crippen LogP contribution in [-0.4, -0.2) is 6.29 Å². The molecule has 1 aromatic carbocycles. The van der Waals surface area contributed by atoms with Crippen LogP contribution in [0.25, 0.3) is 0 Å². The molecule has 3 heteroatoms. The summed E-state index contributed by atoms with van der Waals surface area (Å²) in [6.07, 6.45) is 4.12. The van der Waals surface area contributed by atoms with Gasteiger partial charge in [0.05, 0.1) is 0 Å². The molecule has 1 aromatic rings. The van der Waals surface area contributed by atoms with E-state index in [2.05, 4.69) is 0 Å². The fraction of sp³-hybridized carbons (Fsp3) is 0.417. The largest absolute Gasteiger partial charge is 0.303 e. The minimum Gasteiger partial charge on any atom is -0.303 e. The highest BCUT2D eigenvalue weighted by Gasteiger charge is 2.06. The van der Waals surface area contributed by atoms with Gasteiger partial charge >= 0.3 is 0 Å². The second kappa shape index (κ2) is 6.27. The van der Waals surface area contributed by atoms with E-state index in [4.69, 9.17) is 0 Å². The number of carbonyl (C=O) groups excluding carboxylic acids is 1. The third-order valence-corrected chi connectivity index (χ3v) is 2.31. The van der Waals surface area contributed by atoms with Gasteiger partial charge in [-0.2, -0.15) is 0 Å². The molecule has 0 saturated carbocycles. The van der Waals surface area contributed by atoms with Crippen LogP contribution in [0.15, 0.2) is 18.2 Å². The van der Waals surface area contributed by atoms with Crippen molar-refractivity contribution in [3.63, 3.8) is 0 Å². The van der Waals surface area contributed by atoms with E-state index < -0.39 is 11.6 Å². The maximum Gasteiger partial charge on any atom is 0.129 e. The lowest BCUT2D eigenvalue weighted by Crippen LogP contribution is -1.95. The number of halogens is 2. The van der Waals surface area contributed by atoms with Crippen molar-refractivity contribution < 1.29 is 13.6 Å². The summed E-state index contributed by atoms with van der Waals surface area (Å²) in [5, 5.41) is 0. The van der Waals surface area contributed by atoms with Gasteiger partial charge in [0.2, 0.25) is 0 Å². The van der Waals surface area contributed by atoms with Gasteiger partial charge in [0.1, 0.15) is 17.9 Å². The Morgan fingerprint density at radius 1 is 1.07 bits per heavy atom. The lowest BCUT2D eigenvalue weighted by atomic mass is 10.1. The highest BCUT2D eigenvalue weighted by atomic mass is 19.1. The molecule has 0 fully saturated rings. The summed E-state index contributed by atoms with van der Waals surface area (Å²) in [6.45, 7) is 0. The van der Waals surface area contributed by atoms with Crippen LogP contribution < -0.4 is 0 Å². The molecule has 0 aromatic heterocycles. The van der Waals surface area contributed by atoms with Crippen LogP contribution in [-0.2, 0) is 11.2 Å². The SMILES string of the molecule is O=CCCCCCc1c(F)cccc1F. The molecule has 0 heterocycles. The standard InChI is InChI=1S/C12H14F2O/c13-11-7-5-8-12(14)10(11)6-3-1-2-4-9-15/h5,7-9H,1-4,6H2. The van der Waals surface area contributed by atoms with E-state index in [0.29, 0.717) is 19.3 Å².